The summed E-state index contributed by atoms with van der Waals surface area (Å²) in [7, 11) is -3.91. The summed E-state index contributed by atoms with van der Waals surface area (Å²) in [5.74, 6) is -0.374. The van der Waals surface area contributed by atoms with Crippen LogP contribution in [0.4, 0.5) is 0 Å². The molecular weight excluding hydrogens is 499 g/mol. The molecule has 0 saturated heterocycles. The minimum Gasteiger partial charge on any atom is -0.354 e. The van der Waals surface area contributed by atoms with Crippen LogP contribution in [-0.4, -0.2) is 31.7 Å². The number of benzene rings is 2. The molecule has 0 fully saturated rings. The number of rotatable bonds is 7. The van der Waals surface area contributed by atoms with Crippen molar-refractivity contribution in [2.45, 2.75) is 32.2 Å². The van der Waals surface area contributed by atoms with Crippen LogP contribution in [0.1, 0.15) is 26.3 Å². The molecule has 5 nitrogen and oxygen atoms in total. The van der Waals surface area contributed by atoms with E-state index in [1.807, 2.05) is 20.8 Å². The number of hydrogen-bond acceptors (Lipinski definition) is 3. The zero-order valence-corrected chi connectivity index (χ0v) is 20.3. The van der Waals surface area contributed by atoms with E-state index in [-0.39, 0.29) is 29.3 Å². The van der Waals surface area contributed by atoms with Gasteiger partial charge in [-0.1, -0.05) is 66.0 Å². The van der Waals surface area contributed by atoms with Crippen LogP contribution in [0.5, 0.6) is 0 Å². The first-order valence-corrected chi connectivity index (χ1v) is 11.8. The van der Waals surface area contributed by atoms with Gasteiger partial charge >= 0.3 is 0 Å². The first-order chi connectivity index (χ1) is 13.4. The molecule has 0 atom stereocenters. The lowest BCUT2D eigenvalue weighted by atomic mass is 9.97. The summed E-state index contributed by atoms with van der Waals surface area (Å²) >= 11 is 15.3. The van der Waals surface area contributed by atoms with Gasteiger partial charge in [-0.2, -0.15) is 4.31 Å². The SMILES string of the molecule is CC(C)(C)CNC(=O)CN(Cc1ccc(Cl)c(Cl)c1)S(=O)(=O)c1ccc(Br)cc1. The summed E-state index contributed by atoms with van der Waals surface area (Å²) in [6.45, 7) is 6.07. The predicted octanol–water partition coefficient (Wildman–Crippen LogP) is 5.11. The molecule has 9 heteroatoms. The fraction of sp³-hybridized carbons (Fsp3) is 0.350. The lowest BCUT2D eigenvalue weighted by Crippen LogP contribution is -2.42. The quantitative estimate of drug-likeness (QED) is 0.550. The average Bonchev–Trinajstić information content (AvgIpc) is 2.62. The van der Waals surface area contributed by atoms with Gasteiger partial charge in [-0.3, -0.25) is 4.79 Å². The lowest BCUT2D eigenvalue weighted by molar-refractivity contribution is -0.121. The zero-order valence-electron chi connectivity index (χ0n) is 16.4. The normalized spacial score (nSPS) is 12.2. The Kier molecular flexibility index (Phi) is 8.15. The number of amides is 1. The molecule has 0 aromatic heterocycles. The third-order valence-electron chi connectivity index (χ3n) is 3.93. The van der Waals surface area contributed by atoms with Crippen LogP contribution in [0.25, 0.3) is 0 Å². The molecule has 0 aliphatic rings. The summed E-state index contributed by atoms with van der Waals surface area (Å²) in [6, 6.07) is 11.2. The molecule has 29 heavy (non-hydrogen) atoms. The number of sulfonamides is 1. The molecule has 2 rings (SSSR count). The molecule has 0 radical (unpaired) electrons. The number of halogens is 3. The summed E-state index contributed by atoms with van der Waals surface area (Å²) in [6.07, 6.45) is 0. The van der Waals surface area contributed by atoms with Gasteiger partial charge in [0.05, 0.1) is 21.5 Å². The molecule has 0 heterocycles. The summed E-state index contributed by atoms with van der Waals surface area (Å²) in [4.78, 5) is 12.6. The molecule has 0 saturated carbocycles. The lowest BCUT2D eigenvalue weighted by Gasteiger charge is -2.24. The van der Waals surface area contributed by atoms with Gasteiger partial charge in [0.15, 0.2) is 0 Å². The number of carbonyl (C=O) groups is 1. The van der Waals surface area contributed by atoms with Gasteiger partial charge in [-0.25, -0.2) is 8.42 Å². The Morgan fingerprint density at radius 2 is 1.69 bits per heavy atom. The third kappa shape index (κ3) is 7.26. The van der Waals surface area contributed by atoms with E-state index in [1.165, 1.54) is 12.1 Å². The van der Waals surface area contributed by atoms with Gasteiger partial charge in [0.25, 0.3) is 0 Å². The van der Waals surface area contributed by atoms with Crippen LogP contribution in [0.15, 0.2) is 51.8 Å². The van der Waals surface area contributed by atoms with Crippen LogP contribution >= 0.6 is 39.1 Å². The number of carbonyl (C=O) groups excluding carboxylic acids is 1. The molecule has 1 N–H and O–H groups in total. The van der Waals surface area contributed by atoms with Crippen molar-refractivity contribution in [2.75, 3.05) is 13.1 Å². The third-order valence-corrected chi connectivity index (χ3v) is 7.00. The van der Waals surface area contributed by atoms with Crippen molar-refractivity contribution < 1.29 is 13.2 Å². The van der Waals surface area contributed by atoms with Gasteiger partial charge in [-0.05, 0) is 47.4 Å². The van der Waals surface area contributed by atoms with Crippen molar-refractivity contribution in [3.8, 4) is 0 Å². The van der Waals surface area contributed by atoms with Crippen LogP contribution < -0.4 is 5.32 Å². The van der Waals surface area contributed by atoms with Crippen molar-refractivity contribution in [2.24, 2.45) is 5.41 Å². The minimum absolute atomic E-state index is 0.0157. The first kappa shape index (κ1) is 24.2. The molecule has 0 spiro atoms. The van der Waals surface area contributed by atoms with E-state index in [9.17, 15) is 13.2 Å². The topological polar surface area (TPSA) is 66.5 Å². The van der Waals surface area contributed by atoms with E-state index in [4.69, 9.17) is 23.2 Å². The van der Waals surface area contributed by atoms with Crippen molar-refractivity contribution >= 4 is 55.1 Å². The highest BCUT2D eigenvalue weighted by atomic mass is 79.9. The number of nitrogens with one attached hydrogen (secondary N) is 1. The van der Waals surface area contributed by atoms with Crippen molar-refractivity contribution in [3.63, 3.8) is 0 Å². The molecular formula is C20H23BrCl2N2O3S. The Hall–Kier alpha value is -1.12. The number of nitrogens with zero attached hydrogens (tertiary/aromatic N) is 1. The van der Waals surface area contributed by atoms with Crippen LogP contribution in [0.3, 0.4) is 0 Å². The van der Waals surface area contributed by atoms with Crippen molar-refractivity contribution in [3.05, 3.63) is 62.5 Å². The fourth-order valence-corrected chi connectivity index (χ4v) is 4.37. The first-order valence-electron chi connectivity index (χ1n) is 8.85. The van der Waals surface area contributed by atoms with E-state index >= 15 is 0 Å². The Morgan fingerprint density at radius 1 is 1.07 bits per heavy atom. The van der Waals surface area contributed by atoms with Crippen LogP contribution in [0, 0.1) is 5.41 Å². The maximum Gasteiger partial charge on any atom is 0.243 e. The van der Waals surface area contributed by atoms with E-state index in [1.54, 1.807) is 30.3 Å². The summed E-state index contributed by atoms with van der Waals surface area (Å²) in [5.41, 5.74) is 0.512. The van der Waals surface area contributed by atoms with E-state index in [0.29, 0.717) is 22.2 Å². The molecule has 0 bridgehead atoms. The predicted molar refractivity (Wildman–Crippen MR) is 121 cm³/mol. The monoisotopic (exact) mass is 520 g/mol. The average molecular weight is 522 g/mol. The number of hydrogen-bond donors (Lipinski definition) is 1. The second kappa shape index (κ2) is 9.79. The van der Waals surface area contributed by atoms with Gasteiger partial charge in [0.2, 0.25) is 15.9 Å². The Morgan fingerprint density at radius 3 is 2.24 bits per heavy atom. The van der Waals surface area contributed by atoms with Crippen molar-refractivity contribution in [1.82, 2.24) is 9.62 Å². The summed E-state index contributed by atoms with van der Waals surface area (Å²) < 4.78 is 28.3. The molecule has 0 aliphatic heterocycles. The smallest absolute Gasteiger partial charge is 0.243 e. The molecule has 0 aliphatic carbocycles. The van der Waals surface area contributed by atoms with Gasteiger partial charge < -0.3 is 5.32 Å². The summed E-state index contributed by atoms with van der Waals surface area (Å²) in [5, 5.41) is 3.49. The van der Waals surface area contributed by atoms with Crippen LogP contribution in [0.2, 0.25) is 10.0 Å². The van der Waals surface area contributed by atoms with E-state index in [0.717, 1.165) is 8.78 Å². The fourth-order valence-electron chi connectivity index (χ4n) is 2.40. The largest absolute Gasteiger partial charge is 0.354 e. The Bertz CT molecular complexity index is 974. The maximum atomic E-state index is 13.2. The van der Waals surface area contributed by atoms with Gasteiger partial charge in [-0.15, -0.1) is 0 Å². The second-order valence-electron chi connectivity index (χ2n) is 7.81. The molecule has 2 aromatic rings. The highest BCUT2D eigenvalue weighted by Crippen LogP contribution is 2.25. The van der Waals surface area contributed by atoms with Gasteiger partial charge in [0.1, 0.15) is 0 Å². The Labute approximate surface area is 190 Å². The molecule has 1 amide bonds. The maximum absolute atomic E-state index is 13.2. The molecule has 158 valence electrons. The van der Waals surface area contributed by atoms with E-state index < -0.39 is 10.0 Å². The van der Waals surface area contributed by atoms with Crippen molar-refractivity contribution in [1.29, 1.82) is 0 Å². The Balaban J connectivity index is 2.32. The zero-order chi connectivity index (χ0) is 21.8. The highest BCUT2D eigenvalue weighted by Gasteiger charge is 2.27. The molecule has 0 unspecified atom stereocenters. The van der Waals surface area contributed by atoms with Gasteiger partial charge in [0, 0.05) is 17.6 Å². The second-order valence-corrected chi connectivity index (χ2v) is 11.5. The van der Waals surface area contributed by atoms with E-state index in [2.05, 4.69) is 21.2 Å². The minimum atomic E-state index is -3.91. The highest BCUT2D eigenvalue weighted by molar-refractivity contribution is 9.10. The van der Waals surface area contributed by atoms with Crippen LogP contribution in [-0.2, 0) is 21.4 Å². The standard InChI is InChI=1S/C20H23BrCl2N2O3S/c1-20(2,3)13-24-19(26)12-25(11-14-4-9-17(22)18(23)10-14)29(27,28)16-7-5-15(21)6-8-16/h4-10H,11-13H2,1-3H3,(H,24,26). The molecule has 2 aromatic carbocycles.